The normalized spacial score (nSPS) is 20.4. The predicted octanol–water partition coefficient (Wildman–Crippen LogP) is 5.22. The maximum absolute atomic E-state index is 13.0. The number of piperazine rings is 1. The molecule has 2 aliphatic heterocycles. The highest BCUT2D eigenvalue weighted by Gasteiger charge is 2.32. The molecule has 1 saturated heterocycles. The van der Waals surface area contributed by atoms with Gasteiger partial charge in [-0.25, -0.2) is 0 Å². The third-order valence-corrected chi connectivity index (χ3v) is 7.61. The number of hydrogen-bond acceptors (Lipinski definition) is 5. The van der Waals surface area contributed by atoms with Gasteiger partial charge in [0.25, 0.3) is 0 Å². The van der Waals surface area contributed by atoms with Crippen molar-refractivity contribution in [3.05, 3.63) is 54.1 Å². The molecule has 2 heterocycles. The van der Waals surface area contributed by atoms with Gasteiger partial charge in [0, 0.05) is 37.1 Å². The molecule has 1 saturated carbocycles. The summed E-state index contributed by atoms with van der Waals surface area (Å²) in [5, 5.41) is 0. The van der Waals surface area contributed by atoms with Crippen LogP contribution in [0.25, 0.3) is 11.1 Å². The van der Waals surface area contributed by atoms with E-state index in [4.69, 9.17) is 4.99 Å². The van der Waals surface area contributed by atoms with Crippen molar-refractivity contribution in [2.24, 2.45) is 4.99 Å². The van der Waals surface area contributed by atoms with E-state index >= 15 is 0 Å². The maximum Gasteiger partial charge on any atom is 0.416 e. The van der Waals surface area contributed by atoms with Gasteiger partial charge < -0.3 is 4.90 Å². The van der Waals surface area contributed by atoms with Gasteiger partial charge in [0.2, 0.25) is 5.96 Å². The highest BCUT2D eigenvalue weighted by Crippen LogP contribution is 2.34. The van der Waals surface area contributed by atoms with Crippen molar-refractivity contribution in [2.75, 3.05) is 39.3 Å². The van der Waals surface area contributed by atoms with Gasteiger partial charge in [0.1, 0.15) is 0 Å². The minimum absolute atomic E-state index is 0.573. The molecule has 8 heteroatoms. The molecule has 5 rings (SSSR count). The van der Waals surface area contributed by atoms with Gasteiger partial charge in [-0.1, -0.05) is 30.7 Å². The molecule has 0 bridgehead atoms. The molecule has 0 unspecified atom stereocenters. The lowest BCUT2D eigenvalue weighted by Gasteiger charge is -2.44. The zero-order valence-corrected chi connectivity index (χ0v) is 18.7. The molecule has 0 radical (unpaired) electrons. The first-order valence-corrected chi connectivity index (χ1v) is 12.0. The summed E-state index contributed by atoms with van der Waals surface area (Å²) < 4.78 is 41.3. The lowest BCUT2D eigenvalue weighted by atomic mass is 9.91. The highest BCUT2D eigenvalue weighted by atomic mass is 32.2. The van der Waals surface area contributed by atoms with Crippen molar-refractivity contribution < 1.29 is 13.2 Å². The van der Waals surface area contributed by atoms with Gasteiger partial charge >= 0.3 is 6.18 Å². The third-order valence-electron chi connectivity index (χ3n) is 6.56. The van der Waals surface area contributed by atoms with E-state index in [1.54, 1.807) is 18.0 Å². The van der Waals surface area contributed by atoms with Gasteiger partial charge in [-0.15, -0.1) is 0 Å². The summed E-state index contributed by atoms with van der Waals surface area (Å²) in [6.45, 7) is 5.91. The highest BCUT2D eigenvalue weighted by molar-refractivity contribution is 7.97. The van der Waals surface area contributed by atoms with Crippen LogP contribution >= 0.6 is 11.9 Å². The monoisotopic (exact) mass is 460 g/mol. The van der Waals surface area contributed by atoms with Gasteiger partial charge in [-0.2, -0.15) is 13.2 Å². The number of halogens is 3. The quantitative estimate of drug-likeness (QED) is 0.583. The summed E-state index contributed by atoms with van der Waals surface area (Å²) in [4.78, 5) is 10.8. The Morgan fingerprint density at radius 1 is 0.875 bits per heavy atom. The van der Waals surface area contributed by atoms with Crippen LogP contribution in [0.15, 0.2) is 58.4 Å². The van der Waals surface area contributed by atoms with E-state index in [0.29, 0.717) is 5.56 Å². The first kappa shape index (κ1) is 21.6. The Bertz CT molecular complexity index is 964. The SMILES string of the molecule is FC(F)(F)c1cccc(-c2ccc(SN3CCN=C3N3CCN(C4CCC4)CC3)cc2)c1. The van der Waals surface area contributed by atoms with Crippen molar-refractivity contribution in [2.45, 2.75) is 36.4 Å². The Labute approximate surface area is 191 Å². The van der Waals surface area contributed by atoms with Crippen LogP contribution in [0, 0.1) is 0 Å². The van der Waals surface area contributed by atoms with Crippen LogP contribution in [0.3, 0.4) is 0 Å². The number of hydrogen-bond donors (Lipinski definition) is 0. The van der Waals surface area contributed by atoms with Crippen LogP contribution < -0.4 is 0 Å². The van der Waals surface area contributed by atoms with Crippen molar-refractivity contribution in [1.82, 2.24) is 14.1 Å². The van der Waals surface area contributed by atoms with Crippen LogP contribution in [-0.2, 0) is 6.18 Å². The molecule has 0 atom stereocenters. The number of rotatable bonds is 4. The number of guanidine groups is 1. The Balaban J connectivity index is 1.21. The van der Waals surface area contributed by atoms with Gasteiger partial charge in [-0.3, -0.25) is 14.2 Å². The molecule has 32 heavy (non-hydrogen) atoms. The zero-order chi connectivity index (χ0) is 22.1. The summed E-state index contributed by atoms with van der Waals surface area (Å²) in [5.41, 5.74) is 0.732. The molecule has 2 aromatic rings. The molecule has 0 aromatic heterocycles. The van der Waals surface area contributed by atoms with Gasteiger partial charge in [0.05, 0.1) is 18.7 Å². The number of alkyl halides is 3. The van der Waals surface area contributed by atoms with Gasteiger partial charge in [0.15, 0.2) is 0 Å². The van der Waals surface area contributed by atoms with E-state index in [2.05, 4.69) is 14.1 Å². The number of aliphatic imine (C=N–C) groups is 1. The molecular weight excluding hydrogens is 433 g/mol. The predicted molar refractivity (Wildman–Crippen MR) is 123 cm³/mol. The lowest BCUT2D eigenvalue weighted by Crippen LogP contribution is -2.55. The Kier molecular flexibility index (Phi) is 6.07. The van der Waals surface area contributed by atoms with Crippen LogP contribution in [0.1, 0.15) is 24.8 Å². The molecule has 0 spiro atoms. The Morgan fingerprint density at radius 2 is 1.62 bits per heavy atom. The van der Waals surface area contributed by atoms with E-state index in [0.717, 1.165) is 67.8 Å². The fourth-order valence-corrected chi connectivity index (χ4v) is 5.45. The van der Waals surface area contributed by atoms with Crippen molar-refractivity contribution >= 4 is 17.9 Å². The molecule has 2 aromatic carbocycles. The topological polar surface area (TPSA) is 22.1 Å². The second-order valence-electron chi connectivity index (χ2n) is 8.59. The number of benzene rings is 2. The van der Waals surface area contributed by atoms with E-state index in [-0.39, 0.29) is 0 Å². The summed E-state index contributed by atoms with van der Waals surface area (Å²) >= 11 is 1.65. The molecule has 4 nitrogen and oxygen atoms in total. The van der Waals surface area contributed by atoms with Crippen LogP contribution in [0.4, 0.5) is 13.2 Å². The first-order valence-electron chi connectivity index (χ1n) is 11.2. The molecular formula is C24H27F3N4S. The van der Waals surface area contributed by atoms with E-state index in [9.17, 15) is 13.2 Å². The van der Waals surface area contributed by atoms with E-state index < -0.39 is 11.7 Å². The summed E-state index contributed by atoms with van der Waals surface area (Å²) in [7, 11) is 0. The zero-order valence-electron chi connectivity index (χ0n) is 17.9. The standard InChI is InChI=1S/C24H27F3N4S/c25-24(26,27)20-4-1-3-19(17-20)18-7-9-22(10-8-18)32-31-12-11-28-23(31)30-15-13-29(14-16-30)21-5-2-6-21/h1,3-4,7-10,17,21H,2,5-6,11-16H2. The molecule has 0 N–H and O–H groups in total. The smallest absolute Gasteiger partial charge is 0.340 e. The van der Waals surface area contributed by atoms with Crippen molar-refractivity contribution in [3.63, 3.8) is 0 Å². The summed E-state index contributed by atoms with van der Waals surface area (Å²) in [6, 6.07) is 14.0. The minimum Gasteiger partial charge on any atom is -0.340 e. The van der Waals surface area contributed by atoms with Crippen LogP contribution in [0.5, 0.6) is 0 Å². The third kappa shape index (κ3) is 4.62. The molecule has 170 valence electrons. The van der Waals surface area contributed by atoms with Crippen LogP contribution in [-0.4, -0.2) is 65.4 Å². The Morgan fingerprint density at radius 3 is 2.28 bits per heavy atom. The van der Waals surface area contributed by atoms with Crippen molar-refractivity contribution in [3.8, 4) is 11.1 Å². The second-order valence-corrected chi connectivity index (χ2v) is 9.68. The first-order chi connectivity index (χ1) is 15.5. The molecule has 2 fully saturated rings. The Hall–Kier alpha value is -2.19. The fourth-order valence-electron chi connectivity index (χ4n) is 4.51. The van der Waals surface area contributed by atoms with E-state index in [1.165, 1.54) is 31.4 Å². The lowest BCUT2D eigenvalue weighted by molar-refractivity contribution is -0.137. The summed E-state index contributed by atoms with van der Waals surface area (Å²) in [6.07, 6.45) is -0.270. The second kappa shape index (κ2) is 8.98. The van der Waals surface area contributed by atoms with Crippen molar-refractivity contribution in [1.29, 1.82) is 0 Å². The molecule has 0 amide bonds. The molecule has 1 aliphatic carbocycles. The minimum atomic E-state index is -4.33. The average molecular weight is 461 g/mol. The van der Waals surface area contributed by atoms with Gasteiger partial charge in [-0.05, 0) is 60.2 Å². The van der Waals surface area contributed by atoms with Crippen LogP contribution in [0.2, 0.25) is 0 Å². The largest absolute Gasteiger partial charge is 0.416 e. The average Bonchev–Trinajstić information content (AvgIpc) is 3.21. The maximum atomic E-state index is 13.0. The fraction of sp³-hybridized carbons (Fsp3) is 0.458. The molecule has 3 aliphatic rings. The number of nitrogens with zero attached hydrogens (tertiary/aromatic N) is 4. The summed E-state index contributed by atoms with van der Waals surface area (Å²) in [5.74, 6) is 1.06. The van der Waals surface area contributed by atoms with E-state index in [1.807, 2.05) is 24.3 Å².